The summed E-state index contributed by atoms with van der Waals surface area (Å²) in [6.45, 7) is 4.02. The molecule has 0 aliphatic heterocycles. The van der Waals surface area contributed by atoms with Crippen LogP contribution in [0.4, 0.5) is 16.2 Å². The van der Waals surface area contributed by atoms with Gasteiger partial charge in [-0.05, 0) is 49.9 Å². The van der Waals surface area contributed by atoms with Crippen molar-refractivity contribution in [3.63, 3.8) is 0 Å². The van der Waals surface area contributed by atoms with Crippen LogP contribution in [0.2, 0.25) is 0 Å². The van der Waals surface area contributed by atoms with Gasteiger partial charge >= 0.3 is 6.03 Å². The lowest BCUT2D eigenvalue weighted by atomic mass is 9.96. The molecule has 0 saturated heterocycles. The van der Waals surface area contributed by atoms with E-state index in [4.69, 9.17) is 5.73 Å². The summed E-state index contributed by atoms with van der Waals surface area (Å²) in [5.41, 5.74) is 9.50. The Bertz CT molecular complexity index is 465. The summed E-state index contributed by atoms with van der Waals surface area (Å²) < 4.78 is 0. The van der Waals surface area contributed by atoms with Gasteiger partial charge in [-0.2, -0.15) is 0 Å². The van der Waals surface area contributed by atoms with Crippen molar-refractivity contribution in [1.82, 2.24) is 5.32 Å². The standard InChI is InChI=1S/C15H23N3O/c1-10-8-13(16)14(9-11(10)2)18-15(19)17-12-6-4-3-5-7-12/h8-9,12H,3-7,16H2,1-2H3,(H2,17,18,19). The monoisotopic (exact) mass is 261 g/mol. The van der Waals surface area contributed by atoms with Crippen molar-refractivity contribution in [2.24, 2.45) is 0 Å². The molecule has 1 fully saturated rings. The molecule has 1 aliphatic rings. The van der Waals surface area contributed by atoms with Gasteiger partial charge in [-0.25, -0.2) is 4.79 Å². The lowest BCUT2D eigenvalue weighted by Crippen LogP contribution is -2.39. The second kappa shape index (κ2) is 5.95. The maximum Gasteiger partial charge on any atom is 0.319 e. The molecule has 0 spiro atoms. The molecule has 4 heteroatoms. The van der Waals surface area contributed by atoms with Gasteiger partial charge in [-0.15, -0.1) is 0 Å². The van der Waals surface area contributed by atoms with Crippen LogP contribution in [0.15, 0.2) is 12.1 Å². The van der Waals surface area contributed by atoms with Gasteiger partial charge in [-0.1, -0.05) is 19.3 Å². The van der Waals surface area contributed by atoms with E-state index in [1.807, 2.05) is 26.0 Å². The first-order valence-electron chi connectivity index (χ1n) is 7.00. The number of hydrogen-bond donors (Lipinski definition) is 3. The predicted molar refractivity (Wildman–Crippen MR) is 79.4 cm³/mol. The number of nitrogens with one attached hydrogen (secondary N) is 2. The normalized spacial score (nSPS) is 16.1. The Hall–Kier alpha value is -1.71. The molecule has 0 radical (unpaired) electrons. The number of carbonyl (C=O) groups is 1. The van der Waals surface area contributed by atoms with Crippen LogP contribution in [0.25, 0.3) is 0 Å². The minimum Gasteiger partial charge on any atom is -0.397 e. The molecule has 104 valence electrons. The molecule has 0 heterocycles. The van der Waals surface area contributed by atoms with Gasteiger partial charge in [0.25, 0.3) is 0 Å². The van der Waals surface area contributed by atoms with Crippen molar-refractivity contribution in [1.29, 1.82) is 0 Å². The van der Waals surface area contributed by atoms with Crippen LogP contribution in [0.1, 0.15) is 43.2 Å². The Balaban J connectivity index is 1.96. The molecular formula is C15H23N3O. The molecule has 1 aromatic rings. The van der Waals surface area contributed by atoms with Crippen LogP contribution in [0.3, 0.4) is 0 Å². The third kappa shape index (κ3) is 3.63. The summed E-state index contributed by atoms with van der Waals surface area (Å²) in [7, 11) is 0. The van der Waals surface area contributed by atoms with Gasteiger partial charge < -0.3 is 16.4 Å². The highest BCUT2D eigenvalue weighted by atomic mass is 16.2. The van der Waals surface area contributed by atoms with Crippen LogP contribution in [-0.4, -0.2) is 12.1 Å². The topological polar surface area (TPSA) is 67.1 Å². The zero-order valence-corrected chi connectivity index (χ0v) is 11.8. The average Bonchev–Trinajstić information content (AvgIpc) is 2.37. The highest BCUT2D eigenvalue weighted by Gasteiger charge is 2.16. The van der Waals surface area contributed by atoms with Gasteiger partial charge in [0.15, 0.2) is 0 Å². The Morgan fingerprint density at radius 1 is 1.16 bits per heavy atom. The Kier molecular flexibility index (Phi) is 4.30. The third-order valence-electron chi connectivity index (χ3n) is 3.85. The first-order valence-corrected chi connectivity index (χ1v) is 7.00. The van der Waals surface area contributed by atoms with Crippen molar-refractivity contribution in [2.45, 2.75) is 52.0 Å². The number of nitrogen functional groups attached to an aromatic ring is 1. The van der Waals surface area contributed by atoms with E-state index in [1.54, 1.807) is 0 Å². The van der Waals surface area contributed by atoms with Crippen molar-refractivity contribution in [2.75, 3.05) is 11.1 Å². The van der Waals surface area contributed by atoms with Crippen LogP contribution < -0.4 is 16.4 Å². The number of urea groups is 1. The Labute approximate surface area is 114 Å². The number of benzene rings is 1. The fourth-order valence-corrected chi connectivity index (χ4v) is 2.54. The minimum atomic E-state index is -0.151. The molecule has 1 aliphatic carbocycles. The summed E-state index contributed by atoms with van der Waals surface area (Å²) in [6.07, 6.45) is 5.85. The van der Waals surface area contributed by atoms with Crippen LogP contribution >= 0.6 is 0 Å². The number of aryl methyl sites for hydroxylation is 2. The van der Waals surface area contributed by atoms with Crippen molar-refractivity contribution >= 4 is 17.4 Å². The zero-order chi connectivity index (χ0) is 13.8. The molecule has 2 rings (SSSR count). The molecule has 19 heavy (non-hydrogen) atoms. The number of anilines is 2. The number of hydrogen-bond acceptors (Lipinski definition) is 2. The third-order valence-corrected chi connectivity index (χ3v) is 3.85. The molecule has 0 atom stereocenters. The molecular weight excluding hydrogens is 238 g/mol. The highest BCUT2D eigenvalue weighted by molar-refractivity contribution is 5.93. The fourth-order valence-electron chi connectivity index (χ4n) is 2.54. The van der Waals surface area contributed by atoms with Gasteiger partial charge in [0.05, 0.1) is 11.4 Å². The molecule has 1 saturated carbocycles. The quantitative estimate of drug-likeness (QED) is 0.715. The van der Waals surface area contributed by atoms with Crippen LogP contribution in [0, 0.1) is 13.8 Å². The average molecular weight is 261 g/mol. The van der Waals surface area contributed by atoms with E-state index in [-0.39, 0.29) is 6.03 Å². The molecule has 0 bridgehead atoms. The number of nitrogens with two attached hydrogens (primary N) is 1. The zero-order valence-electron chi connectivity index (χ0n) is 11.8. The number of carbonyl (C=O) groups excluding carboxylic acids is 1. The summed E-state index contributed by atoms with van der Waals surface area (Å²) in [5, 5.41) is 5.87. The van der Waals surface area contributed by atoms with Gasteiger partial charge in [-0.3, -0.25) is 0 Å². The molecule has 1 aromatic carbocycles. The SMILES string of the molecule is Cc1cc(N)c(NC(=O)NC2CCCCC2)cc1C. The van der Waals surface area contributed by atoms with E-state index in [1.165, 1.54) is 19.3 Å². The fraction of sp³-hybridized carbons (Fsp3) is 0.533. The second-order valence-electron chi connectivity index (χ2n) is 5.46. The Morgan fingerprint density at radius 3 is 2.47 bits per heavy atom. The van der Waals surface area contributed by atoms with E-state index < -0.39 is 0 Å². The van der Waals surface area contributed by atoms with E-state index in [0.29, 0.717) is 17.4 Å². The largest absolute Gasteiger partial charge is 0.397 e. The lowest BCUT2D eigenvalue weighted by molar-refractivity contribution is 0.244. The Morgan fingerprint density at radius 2 is 1.79 bits per heavy atom. The molecule has 4 nitrogen and oxygen atoms in total. The number of rotatable bonds is 2. The summed E-state index contributed by atoms with van der Waals surface area (Å²) in [6, 6.07) is 3.97. The van der Waals surface area contributed by atoms with E-state index in [0.717, 1.165) is 24.0 Å². The summed E-state index contributed by atoms with van der Waals surface area (Å²) in [4.78, 5) is 12.0. The molecule has 4 N–H and O–H groups in total. The summed E-state index contributed by atoms with van der Waals surface area (Å²) in [5.74, 6) is 0. The maximum atomic E-state index is 12.0. The van der Waals surface area contributed by atoms with E-state index in [9.17, 15) is 4.79 Å². The minimum absolute atomic E-state index is 0.151. The maximum absolute atomic E-state index is 12.0. The predicted octanol–water partition coefficient (Wildman–Crippen LogP) is 3.34. The van der Waals surface area contributed by atoms with E-state index in [2.05, 4.69) is 10.6 Å². The van der Waals surface area contributed by atoms with Crippen molar-refractivity contribution < 1.29 is 4.79 Å². The second-order valence-corrected chi connectivity index (χ2v) is 5.46. The van der Waals surface area contributed by atoms with Crippen LogP contribution in [-0.2, 0) is 0 Å². The van der Waals surface area contributed by atoms with Crippen LogP contribution in [0.5, 0.6) is 0 Å². The number of amides is 2. The first-order chi connectivity index (χ1) is 9.06. The molecule has 0 aromatic heterocycles. The van der Waals surface area contributed by atoms with Crippen molar-refractivity contribution in [3.05, 3.63) is 23.3 Å². The first kappa shape index (κ1) is 13.7. The highest BCUT2D eigenvalue weighted by Crippen LogP contribution is 2.23. The van der Waals surface area contributed by atoms with Gasteiger partial charge in [0.2, 0.25) is 0 Å². The summed E-state index contributed by atoms with van der Waals surface area (Å²) >= 11 is 0. The van der Waals surface area contributed by atoms with E-state index >= 15 is 0 Å². The lowest BCUT2D eigenvalue weighted by Gasteiger charge is -2.23. The molecule has 2 amide bonds. The van der Waals surface area contributed by atoms with Gasteiger partial charge in [0, 0.05) is 6.04 Å². The smallest absolute Gasteiger partial charge is 0.319 e. The molecule has 0 unspecified atom stereocenters. The van der Waals surface area contributed by atoms with Crippen molar-refractivity contribution in [3.8, 4) is 0 Å². The van der Waals surface area contributed by atoms with Gasteiger partial charge in [0.1, 0.15) is 0 Å².